The first-order valence-electron chi connectivity index (χ1n) is 12.8. The summed E-state index contributed by atoms with van der Waals surface area (Å²) < 4.78 is 65.2. The predicted molar refractivity (Wildman–Crippen MR) is 142 cm³/mol. The highest BCUT2D eigenvalue weighted by Crippen LogP contribution is 2.32. The number of nitrogens with zero attached hydrogens (tertiary/aromatic N) is 2. The Morgan fingerprint density at radius 2 is 1.45 bits per heavy atom. The van der Waals surface area contributed by atoms with Crippen LogP contribution in [0.3, 0.4) is 0 Å². The molecule has 2 aliphatic rings. The van der Waals surface area contributed by atoms with E-state index < -0.39 is 26.0 Å². The predicted octanol–water partition coefficient (Wildman–Crippen LogP) is 2.25. The van der Waals surface area contributed by atoms with Crippen LogP contribution in [0, 0.1) is 5.92 Å². The quantitative estimate of drug-likeness (QED) is 0.469. The van der Waals surface area contributed by atoms with Crippen LogP contribution in [0.15, 0.2) is 52.3 Å². The average molecular weight is 566 g/mol. The molecule has 4 rings (SSSR count). The van der Waals surface area contributed by atoms with E-state index >= 15 is 0 Å². The number of sulfonamides is 2. The summed E-state index contributed by atoms with van der Waals surface area (Å²) in [4.78, 5) is 13.2. The normalized spacial score (nSPS) is 19.3. The van der Waals surface area contributed by atoms with Crippen molar-refractivity contribution in [3.63, 3.8) is 0 Å². The van der Waals surface area contributed by atoms with E-state index in [2.05, 4.69) is 5.32 Å². The summed E-state index contributed by atoms with van der Waals surface area (Å²) in [5.41, 5.74) is 0.909. The van der Waals surface area contributed by atoms with Gasteiger partial charge in [0.2, 0.25) is 26.0 Å². The Labute approximate surface area is 225 Å². The number of nitrogens with one attached hydrogen (secondary N) is 1. The Balaban J connectivity index is 1.32. The molecule has 1 atom stereocenters. The molecule has 2 fully saturated rings. The Bertz CT molecular complexity index is 1340. The lowest BCUT2D eigenvalue weighted by Gasteiger charge is -2.31. The Morgan fingerprint density at radius 3 is 2.11 bits per heavy atom. The Morgan fingerprint density at radius 1 is 0.842 bits per heavy atom. The topological polar surface area (TPSA) is 122 Å². The van der Waals surface area contributed by atoms with E-state index in [1.165, 1.54) is 35.0 Å². The molecule has 208 valence electrons. The minimum absolute atomic E-state index is 0.0893. The molecule has 0 bridgehead atoms. The number of carbonyl (C=O) groups excluding carboxylic acids is 1. The standard InChI is InChI=1S/C26H35N3O7S2/c1-35-24-12-11-23(18-25(24)36-2)38(33,34)29-17-5-6-21(19-29)26(30)27-14-13-20-7-9-22(10-8-20)37(31,32)28-15-3-4-16-28/h7-12,18,21H,3-6,13-17,19H2,1-2H3,(H,27,30)/t21-/m0/s1. The van der Waals surface area contributed by atoms with Gasteiger partial charge in [-0.1, -0.05) is 12.1 Å². The van der Waals surface area contributed by atoms with E-state index in [0.29, 0.717) is 56.9 Å². The third-order valence-corrected chi connectivity index (χ3v) is 10.9. The smallest absolute Gasteiger partial charge is 0.243 e. The van der Waals surface area contributed by atoms with Gasteiger partial charge in [0.15, 0.2) is 11.5 Å². The fourth-order valence-electron chi connectivity index (χ4n) is 4.88. The second kappa shape index (κ2) is 12.0. The Hall–Kier alpha value is -2.67. The second-order valence-corrected chi connectivity index (χ2v) is 13.4. The van der Waals surface area contributed by atoms with Crippen LogP contribution in [0.2, 0.25) is 0 Å². The summed E-state index contributed by atoms with van der Waals surface area (Å²) in [5, 5.41) is 2.91. The van der Waals surface area contributed by atoms with Gasteiger partial charge in [0.25, 0.3) is 0 Å². The van der Waals surface area contributed by atoms with Crippen molar-refractivity contribution in [2.75, 3.05) is 46.9 Å². The first kappa shape index (κ1) is 28.3. The van der Waals surface area contributed by atoms with Gasteiger partial charge in [-0.15, -0.1) is 0 Å². The zero-order chi connectivity index (χ0) is 27.3. The van der Waals surface area contributed by atoms with Crippen molar-refractivity contribution < 1.29 is 31.1 Å². The number of hydrogen-bond donors (Lipinski definition) is 1. The lowest BCUT2D eigenvalue weighted by Crippen LogP contribution is -2.45. The van der Waals surface area contributed by atoms with E-state index in [9.17, 15) is 21.6 Å². The van der Waals surface area contributed by atoms with Gasteiger partial charge < -0.3 is 14.8 Å². The lowest BCUT2D eigenvalue weighted by atomic mass is 9.99. The van der Waals surface area contributed by atoms with Gasteiger partial charge in [0, 0.05) is 38.8 Å². The molecule has 0 unspecified atom stereocenters. The molecular formula is C26H35N3O7S2. The molecular weight excluding hydrogens is 530 g/mol. The van der Waals surface area contributed by atoms with Crippen molar-refractivity contribution in [3.8, 4) is 11.5 Å². The molecule has 0 aliphatic carbocycles. The maximum Gasteiger partial charge on any atom is 0.243 e. The highest BCUT2D eigenvalue weighted by atomic mass is 32.2. The van der Waals surface area contributed by atoms with Crippen molar-refractivity contribution in [2.24, 2.45) is 5.92 Å². The number of rotatable bonds is 10. The van der Waals surface area contributed by atoms with E-state index in [4.69, 9.17) is 9.47 Å². The van der Waals surface area contributed by atoms with Crippen molar-refractivity contribution in [2.45, 2.75) is 41.9 Å². The van der Waals surface area contributed by atoms with Crippen molar-refractivity contribution in [3.05, 3.63) is 48.0 Å². The summed E-state index contributed by atoms with van der Waals surface area (Å²) in [6.45, 7) is 1.93. The molecule has 2 heterocycles. The molecule has 0 aromatic heterocycles. The maximum absolute atomic E-state index is 13.3. The van der Waals surface area contributed by atoms with E-state index in [1.807, 2.05) is 0 Å². The largest absolute Gasteiger partial charge is 0.493 e. The molecule has 2 saturated heterocycles. The molecule has 0 radical (unpaired) electrons. The summed E-state index contributed by atoms with van der Waals surface area (Å²) >= 11 is 0. The van der Waals surface area contributed by atoms with Crippen molar-refractivity contribution in [1.82, 2.24) is 13.9 Å². The van der Waals surface area contributed by atoms with Gasteiger partial charge in [-0.05, 0) is 61.9 Å². The number of methoxy groups -OCH3 is 2. The molecule has 1 amide bonds. The van der Waals surface area contributed by atoms with Gasteiger partial charge in [-0.2, -0.15) is 8.61 Å². The molecule has 2 aromatic rings. The number of carbonyl (C=O) groups is 1. The zero-order valence-corrected chi connectivity index (χ0v) is 23.4. The van der Waals surface area contributed by atoms with Crippen LogP contribution in [0.1, 0.15) is 31.2 Å². The average Bonchev–Trinajstić information content (AvgIpc) is 3.49. The van der Waals surface area contributed by atoms with Crippen LogP contribution in [-0.4, -0.2) is 78.3 Å². The third-order valence-electron chi connectivity index (χ3n) is 7.09. The van der Waals surface area contributed by atoms with Crippen LogP contribution in [-0.2, 0) is 31.3 Å². The number of ether oxygens (including phenoxy) is 2. The van der Waals surface area contributed by atoms with Crippen molar-refractivity contribution in [1.29, 1.82) is 0 Å². The first-order valence-corrected chi connectivity index (χ1v) is 15.6. The zero-order valence-electron chi connectivity index (χ0n) is 21.8. The number of amides is 1. The molecule has 10 nitrogen and oxygen atoms in total. The van der Waals surface area contributed by atoms with E-state index in [0.717, 1.165) is 18.4 Å². The van der Waals surface area contributed by atoms with Gasteiger partial charge in [0.05, 0.1) is 29.9 Å². The molecule has 0 spiro atoms. The number of benzene rings is 2. The lowest BCUT2D eigenvalue weighted by molar-refractivity contribution is -0.126. The third kappa shape index (κ3) is 6.14. The summed E-state index contributed by atoms with van der Waals surface area (Å²) in [6, 6.07) is 11.2. The molecule has 2 aromatic carbocycles. The first-order chi connectivity index (χ1) is 18.2. The highest BCUT2D eigenvalue weighted by Gasteiger charge is 2.34. The molecule has 38 heavy (non-hydrogen) atoms. The molecule has 2 aliphatic heterocycles. The SMILES string of the molecule is COc1ccc(S(=O)(=O)N2CCC[C@H](C(=O)NCCc3ccc(S(=O)(=O)N4CCCC4)cc3)C2)cc1OC. The van der Waals surface area contributed by atoms with Crippen molar-refractivity contribution >= 4 is 26.0 Å². The van der Waals surface area contributed by atoms with Gasteiger partial charge in [0.1, 0.15) is 0 Å². The van der Waals surface area contributed by atoms with Gasteiger partial charge in [-0.3, -0.25) is 4.79 Å². The van der Waals surface area contributed by atoms with E-state index in [-0.39, 0.29) is 22.2 Å². The van der Waals surface area contributed by atoms with Crippen LogP contribution >= 0.6 is 0 Å². The van der Waals surface area contributed by atoms with Crippen LogP contribution in [0.5, 0.6) is 11.5 Å². The monoisotopic (exact) mass is 565 g/mol. The van der Waals surface area contributed by atoms with Gasteiger partial charge >= 0.3 is 0 Å². The molecule has 0 saturated carbocycles. The molecule has 12 heteroatoms. The fourth-order valence-corrected chi connectivity index (χ4v) is 7.94. The highest BCUT2D eigenvalue weighted by molar-refractivity contribution is 7.89. The van der Waals surface area contributed by atoms with E-state index in [1.54, 1.807) is 30.3 Å². The maximum atomic E-state index is 13.3. The summed E-state index contributed by atoms with van der Waals surface area (Å²) in [5.74, 6) is 0.115. The second-order valence-electron chi connectivity index (χ2n) is 9.52. The number of hydrogen-bond acceptors (Lipinski definition) is 7. The van der Waals surface area contributed by atoms with Crippen LogP contribution in [0.4, 0.5) is 0 Å². The minimum atomic E-state index is -3.81. The van der Waals surface area contributed by atoms with Crippen LogP contribution < -0.4 is 14.8 Å². The van der Waals surface area contributed by atoms with Gasteiger partial charge in [-0.25, -0.2) is 16.8 Å². The minimum Gasteiger partial charge on any atom is -0.493 e. The molecule has 1 N–H and O–H groups in total. The Kier molecular flexibility index (Phi) is 8.96. The number of piperidine rings is 1. The summed E-state index contributed by atoms with van der Waals surface area (Å²) in [7, 11) is -4.33. The fraction of sp³-hybridized carbons (Fsp3) is 0.500. The summed E-state index contributed by atoms with van der Waals surface area (Å²) in [6.07, 6.45) is 3.50. The van der Waals surface area contributed by atoms with Crippen LogP contribution in [0.25, 0.3) is 0 Å².